The lowest BCUT2D eigenvalue weighted by Crippen LogP contribution is -2.29. The molecule has 1 fully saturated rings. The first kappa shape index (κ1) is 15.5. The summed E-state index contributed by atoms with van der Waals surface area (Å²) in [6.45, 7) is 3.68. The molecule has 1 aromatic rings. The van der Waals surface area contributed by atoms with Gasteiger partial charge in [-0.2, -0.15) is 0 Å². The summed E-state index contributed by atoms with van der Waals surface area (Å²) in [7, 11) is 1.75. The SMILES string of the molecule is COCCNCC(Cc1ccccc1)CC1CCCO1. The zero-order chi connectivity index (χ0) is 14.0. The largest absolute Gasteiger partial charge is 0.383 e. The van der Waals surface area contributed by atoms with E-state index in [2.05, 4.69) is 35.6 Å². The van der Waals surface area contributed by atoms with Crippen LogP contribution in [0.1, 0.15) is 24.8 Å². The van der Waals surface area contributed by atoms with E-state index in [4.69, 9.17) is 9.47 Å². The molecule has 2 atom stereocenters. The van der Waals surface area contributed by atoms with Gasteiger partial charge in [0.1, 0.15) is 0 Å². The summed E-state index contributed by atoms with van der Waals surface area (Å²) in [5.74, 6) is 0.636. The number of hydrogen-bond acceptors (Lipinski definition) is 3. The molecule has 3 heteroatoms. The third kappa shape index (κ3) is 5.61. The fourth-order valence-corrected chi connectivity index (χ4v) is 2.87. The van der Waals surface area contributed by atoms with Crippen molar-refractivity contribution in [3.63, 3.8) is 0 Å². The van der Waals surface area contributed by atoms with E-state index in [1.54, 1.807) is 7.11 Å². The number of ether oxygens (including phenoxy) is 2. The van der Waals surface area contributed by atoms with Crippen molar-refractivity contribution >= 4 is 0 Å². The van der Waals surface area contributed by atoms with E-state index in [1.165, 1.54) is 18.4 Å². The fourth-order valence-electron chi connectivity index (χ4n) is 2.87. The van der Waals surface area contributed by atoms with Crippen molar-refractivity contribution in [2.24, 2.45) is 5.92 Å². The number of nitrogens with one attached hydrogen (secondary N) is 1. The lowest BCUT2D eigenvalue weighted by atomic mass is 9.92. The highest BCUT2D eigenvalue weighted by molar-refractivity contribution is 5.15. The van der Waals surface area contributed by atoms with E-state index in [0.29, 0.717) is 12.0 Å². The maximum atomic E-state index is 5.80. The molecule has 0 radical (unpaired) electrons. The van der Waals surface area contributed by atoms with Gasteiger partial charge in [-0.05, 0) is 43.7 Å². The van der Waals surface area contributed by atoms with Gasteiger partial charge in [0.05, 0.1) is 12.7 Å². The first-order chi connectivity index (χ1) is 9.88. The van der Waals surface area contributed by atoms with Crippen LogP contribution in [0, 0.1) is 5.92 Å². The Bertz CT molecular complexity index is 349. The topological polar surface area (TPSA) is 30.5 Å². The predicted molar refractivity (Wildman–Crippen MR) is 82.0 cm³/mol. The molecule has 3 nitrogen and oxygen atoms in total. The number of methoxy groups -OCH3 is 1. The van der Waals surface area contributed by atoms with Crippen LogP contribution in [0.2, 0.25) is 0 Å². The van der Waals surface area contributed by atoms with E-state index in [9.17, 15) is 0 Å². The molecule has 0 bridgehead atoms. The third-order valence-corrected chi connectivity index (χ3v) is 3.90. The van der Waals surface area contributed by atoms with Gasteiger partial charge in [-0.25, -0.2) is 0 Å². The Labute approximate surface area is 122 Å². The maximum Gasteiger partial charge on any atom is 0.0587 e. The molecule has 2 unspecified atom stereocenters. The lowest BCUT2D eigenvalue weighted by Gasteiger charge is -2.21. The summed E-state index contributed by atoms with van der Waals surface area (Å²) in [6.07, 6.45) is 5.20. The summed E-state index contributed by atoms with van der Waals surface area (Å²) in [6, 6.07) is 10.8. The van der Waals surface area contributed by atoms with Crippen molar-refractivity contribution in [2.45, 2.75) is 31.8 Å². The van der Waals surface area contributed by atoms with Gasteiger partial charge in [0.15, 0.2) is 0 Å². The lowest BCUT2D eigenvalue weighted by molar-refractivity contribution is 0.0888. The zero-order valence-corrected chi connectivity index (χ0v) is 12.5. The molecule has 112 valence electrons. The molecule has 0 aliphatic carbocycles. The molecule has 1 aliphatic heterocycles. The summed E-state index contributed by atoms with van der Waals surface area (Å²) < 4.78 is 10.9. The molecule has 1 N–H and O–H groups in total. The Morgan fingerprint density at radius 2 is 2.20 bits per heavy atom. The van der Waals surface area contributed by atoms with Crippen molar-refractivity contribution in [1.29, 1.82) is 0 Å². The van der Waals surface area contributed by atoms with E-state index in [1.807, 2.05) is 0 Å². The zero-order valence-electron chi connectivity index (χ0n) is 12.5. The standard InChI is InChI=1S/C17H27NO2/c1-19-11-9-18-14-16(13-17-8-5-10-20-17)12-15-6-3-2-4-7-15/h2-4,6-7,16-18H,5,8-14H2,1H3. The maximum absolute atomic E-state index is 5.80. The van der Waals surface area contributed by atoms with Crippen LogP contribution < -0.4 is 5.32 Å². The fraction of sp³-hybridized carbons (Fsp3) is 0.647. The number of benzene rings is 1. The Balaban J connectivity index is 1.81. The van der Waals surface area contributed by atoms with E-state index >= 15 is 0 Å². The molecule has 0 saturated carbocycles. The molecular weight excluding hydrogens is 250 g/mol. The minimum absolute atomic E-state index is 0.466. The highest BCUT2D eigenvalue weighted by atomic mass is 16.5. The second-order valence-electron chi connectivity index (χ2n) is 5.62. The van der Waals surface area contributed by atoms with Crippen LogP contribution in [0.25, 0.3) is 0 Å². The van der Waals surface area contributed by atoms with Crippen LogP contribution in [0.5, 0.6) is 0 Å². The van der Waals surface area contributed by atoms with Gasteiger partial charge >= 0.3 is 0 Å². The average molecular weight is 277 g/mol. The van der Waals surface area contributed by atoms with Crippen LogP contribution in [0.3, 0.4) is 0 Å². The molecule has 1 saturated heterocycles. The molecular formula is C17H27NO2. The van der Waals surface area contributed by atoms with Gasteiger partial charge in [0, 0.05) is 20.3 Å². The van der Waals surface area contributed by atoms with E-state index in [-0.39, 0.29) is 0 Å². The first-order valence-electron chi connectivity index (χ1n) is 7.73. The molecule has 0 spiro atoms. The van der Waals surface area contributed by atoms with Gasteiger partial charge in [-0.3, -0.25) is 0 Å². The predicted octanol–water partition coefficient (Wildman–Crippen LogP) is 2.65. The quantitative estimate of drug-likeness (QED) is 0.704. The summed E-state index contributed by atoms with van der Waals surface area (Å²) in [5, 5.41) is 3.50. The summed E-state index contributed by atoms with van der Waals surface area (Å²) in [4.78, 5) is 0. The van der Waals surface area contributed by atoms with Crippen molar-refractivity contribution in [2.75, 3.05) is 33.4 Å². The second-order valence-corrected chi connectivity index (χ2v) is 5.62. The van der Waals surface area contributed by atoms with Crippen LogP contribution in [-0.2, 0) is 15.9 Å². The van der Waals surface area contributed by atoms with Crippen molar-refractivity contribution in [3.8, 4) is 0 Å². The normalized spacial score (nSPS) is 20.1. The first-order valence-corrected chi connectivity index (χ1v) is 7.73. The van der Waals surface area contributed by atoms with Gasteiger partial charge < -0.3 is 14.8 Å². The minimum Gasteiger partial charge on any atom is -0.383 e. The molecule has 1 aromatic carbocycles. The van der Waals surface area contributed by atoms with Crippen LogP contribution in [0.4, 0.5) is 0 Å². The molecule has 1 aliphatic rings. The van der Waals surface area contributed by atoms with Gasteiger partial charge in [-0.1, -0.05) is 30.3 Å². The molecule has 0 aromatic heterocycles. The Morgan fingerprint density at radius 1 is 1.35 bits per heavy atom. The van der Waals surface area contributed by atoms with Crippen LogP contribution in [0.15, 0.2) is 30.3 Å². The van der Waals surface area contributed by atoms with Crippen molar-refractivity contribution in [3.05, 3.63) is 35.9 Å². The van der Waals surface area contributed by atoms with Gasteiger partial charge in [0.2, 0.25) is 0 Å². The Morgan fingerprint density at radius 3 is 2.90 bits per heavy atom. The summed E-state index contributed by atoms with van der Waals surface area (Å²) in [5.41, 5.74) is 1.42. The van der Waals surface area contributed by atoms with Crippen molar-refractivity contribution < 1.29 is 9.47 Å². The molecule has 0 amide bonds. The van der Waals surface area contributed by atoms with E-state index in [0.717, 1.165) is 39.1 Å². The second kappa shape index (κ2) is 9.11. The Hall–Kier alpha value is -0.900. The van der Waals surface area contributed by atoms with Crippen molar-refractivity contribution in [1.82, 2.24) is 5.32 Å². The van der Waals surface area contributed by atoms with Crippen LogP contribution >= 0.6 is 0 Å². The monoisotopic (exact) mass is 277 g/mol. The summed E-state index contributed by atoms with van der Waals surface area (Å²) >= 11 is 0. The van der Waals surface area contributed by atoms with Gasteiger partial charge in [-0.15, -0.1) is 0 Å². The van der Waals surface area contributed by atoms with Gasteiger partial charge in [0.25, 0.3) is 0 Å². The molecule has 2 rings (SSSR count). The molecule has 1 heterocycles. The number of rotatable bonds is 9. The highest BCUT2D eigenvalue weighted by Crippen LogP contribution is 2.22. The molecule has 20 heavy (non-hydrogen) atoms. The van der Waals surface area contributed by atoms with E-state index < -0.39 is 0 Å². The smallest absolute Gasteiger partial charge is 0.0587 e. The third-order valence-electron chi connectivity index (χ3n) is 3.90. The Kier molecular flexibility index (Phi) is 7.06. The highest BCUT2D eigenvalue weighted by Gasteiger charge is 2.20. The number of hydrogen-bond donors (Lipinski definition) is 1. The average Bonchev–Trinajstić information content (AvgIpc) is 2.97. The van der Waals surface area contributed by atoms with Crippen LogP contribution in [-0.4, -0.2) is 39.5 Å². The minimum atomic E-state index is 0.466.